The monoisotopic (exact) mass is 113 g/mol. The molecule has 1 aliphatic rings. The van der Waals surface area contributed by atoms with Crippen molar-refractivity contribution in [1.29, 1.82) is 0 Å². The number of hydrogen-bond acceptors (Lipinski definition) is 1. The van der Waals surface area contributed by atoms with Crippen molar-refractivity contribution < 1.29 is 0 Å². The molecular formula is C6H16BN. The maximum absolute atomic E-state index is 5.63. The molecule has 1 fully saturated rings. The van der Waals surface area contributed by atoms with Crippen LogP contribution in [0.5, 0.6) is 0 Å². The van der Waals surface area contributed by atoms with Gasteiger partial charge >= 0.3 is 0 Å². The summed E-state index contributed by atoms with van der Waals surface area (Å²) < 4.78 is 0. The van der Waals surface area contributed by atoms with Gasteiger partial charge in [0.25, 0.3) is 0 Å². The van der Waals surface area contributed by atoms with Crippen LogP contribution in [0.25, 0.3) is 0 Å². The SMILES string of the molecule is B.NC1CCCCC1. The zero-order valence-corrected chi connectivity index (χ0v) is 4.69. The van der Waals surface area contributed by atoms with Crippen molar-refractivity contribution >= 4 is 8.41 Å². The summed E-state index contributed by atoms with van der Waals surface area (Å²) in [6, 6.07) is 0.536. The van der Waals surface area contributed by atoms with Crippen LogP contribution in [-0.2, 0) is 0 Å². The van der Waals surface area contributed by atoms with E-state index < -0.39 is 0 Å². The lowest BCUT2D eigenvalue weighted by atomic mass is 9.97. The predicted octanol–water partition coefficient (Wildman–Crippen LogP) is 0.0939. The summed E-state index contributed by atoms with van der Waals surface area (Å²) >= 11 is 0. The Hall–Kier alpha value is 0.0249. The maximum Gasteiger partial charge on any atom is 0.0814 e. The van der Waals surface area contributed by atoms with Crippen LogP contribution in [-0.4, -0.2) is 14.5 Å². The number of nitrogens with two attached hydrogens (primary N) is 1. The first kappa shape index (κ1) is 8.02. The van der Waals surface area contributed by atoms with Gasteiger partial charge in [-0.3, -0.25) is 0 Å². The van der Waals surface area contributed by atoms with Gasteiger partial charge in [0, 0.05) is 6.04 Å². The van der Waals surface area contributed by atoms with Gasteiger partial charge in [0.05, 0.1) is 8.41 Å². The van der Waals surface area contributed by atoms with Gasteiger partial charge in [-0.2, -0.15) is 0 Å². The van der Waals surface area contributed by atoms with E-state index in [1.54, 1.807) is 0 Å². The van der Waals surface area contributed by atoms with E-state index in [2.05, 4.69) is 0 Å². The second-order valence-corrected chi connectivity index (χ2v) is 2.40. The molecular weight excluding hydrogens is 96.9 g/mol. The second-order valence-electron chi connectivity index (χ2n) is 2.40. The summed E-state index contributed by atoms with van der Waals surface area (Å²) in [7, 11) is 0. The molecule has 0 spiro atoms. The molecule has 1 nitrogen and oxygen atoms in total. The molecule has 0 atom stereocenters. The highest BCUT2D eigenvalue weighted by molar-refractivity contribution is 5.75. The van der Waals surface area contributed by atoms with Crippen molar-refractivity contribution in [3.05, 3.63) is 0 Å². The summed E-state index contributed by atoms with van der Waals surface area (Å²) in [4.78, 5) is 0. The summed E-state index contributed by atoms with van der Waals surface area (Å²) in [6.07, 6.45) is 6.66. The predicted molar refractivity (Wildman–Crippen MR) is 41.0 cm³/mol. The zero-order chi connectivity index (χ0) is 5.11. The Balaban J connectivity index is 0.000000490. The largest absolute Gasteiger partial charge is 0.328 e. The van der Waals surface area contributed by atoms with Crippen LogP contribution in [0.3, 0.4) is 0 Å². The van der Waals surface area contributed by atoms with Gasteiger partial charge in [0.1, 0.15) is 0 Å². The molecule has 0 aromatic heterocycles. The molecule has 0 amide bonds. The van der Waals surface area contributed by atoms with Gasteiger partial charge in [0.2, 0.25) is 0 Å². The lowest BCUT2D eigenvalue weighted by Crippen LogP contribution is -2.22. The minimum atomic E-state index is 0. The van der Waals surface area contributed by atoms with E-state index in [4.69, 9.17) is 5.73 Å². The molecule has 2 N–H and O–H groups in total. The van der Waals surface area contributed by atoms with Crippen LogP contribution >= 0.6 is 0 Å². The Bertz CT molecular complexity index is 50.5. The summed E-state index contributed by atoms with van der Waals surface area (Å²) in [5, 5.41) is 0. The molecule has 0 heterocycles. The Morgan fingerprint density at radius 2 is 1.50 bits per heavy atom. The smallest absolute Gasteiger partial charge is 0.0814 e. The molecule has 8 heavy (non-hydrogen) atoms. The lowest BCUT2D eigenvalue weighted by molar-refractivity contribution is 0.441. The molecule has 0 aromatic carbocycles. The van der Waals surface area contributed by atoms with Crippen LogP contribution in [0.1, 0.15) is 32.1 Å². The minimum Gasteiger partial charge on any atom is -0.328 e. The van der Waals surface area contributed by atoms with Crippen LogP contribution in [0.15, 0.2) is 0 Å². The second kappa shape index (κ2) is 3.96. The van der Waals surface area contributed by atoms with E-state index >= 15 is 0 Å². The molecule has 0 aromatic rings. The van der Waals surface area contributed by atoms with Gasteiger partial charge in [-0.25, -0.2) is 0 Å². The standard InChI is InChI=1S/C6H13N.BH3/c7-6-4-2-1-3-5-6;/h6H,1-5,7H2;1H3. The molecule has 0 aliphatic heterocycles. The van der Waals surface area contributed by atoms with E-state index in [0.29, 0.717) is 6.04 Å². The highest BCUT2D eigenvalue weighted by Gasteiger charge is 2.06. The topological polar surface area (TPSA) is 26.0 Å². The van der Waals surface area contributed by atoms with Crippen molar-refractivity contribution in [2.45, 2.75) is 38.1 Å². The van der Waals surface area contributed by atoms with Gasteiger partial charge in [-0.1, -0.05) is 19.3 Å². The van der Waals surface area contributed by atoms with E-state index in [1.165, 1.54) is 32.1 Å². The Morgan fingerprint density at radius 1 is 1.00 bits per heavy atom. The first-order valence-corrected chi connectivity index (χ1v) is 3.15. The Morgan fingerprint density at radius 3 is 1.75 bits per heavy atom. The average molecular weight is 113 g/mol. The zero-order valence-electron chi connectivity index (χ0n) is 4.69. The minimum absolute atomic E-state index is 0. The third-order valence-corrected chi connectivity index (χ3v) is 1.65. The van der Waals surface area contributed by atoms with Crippen LogP contribution in [0, 0.1) is 0 Å². The molecule has 0 unspecified atom stereocenters. The Labute approximate surface area is 53.2 Å². The molecule has 1 rings (SSSR count). The summed E-state index contributed by atoms with van der Waals surface area (Å²) in [6.45, 7) is 0. The van der Waals surface area contributed by atoms with Crippen LogP contribution < -0.4 is 5.73 Å². The fourth-order valence-corrected chi connectivity index (χ4v) is 1.13. The third kappa shape index (κ3) is 2.36. The van der Waals surface area contributed by atoms with Gasteiger partial charge in [0.15, 0.2) is 0 Å². The average Bonchev–Trinajstić information content (AvgIpc) is 1.69. The number of rotatable bonds is 0. The van der Waals surface area contributed by atoms with Crippen molar-refractivity contribution in [1.82, 2.24) is 0 Å². The quantitative estimate of drug-likeness (QED) is 0.443. The highest BCUT2D eigenvalue weighted by Crippen LogP contribution is 2.14. The molecule has 0 bridgehead atoms. The molecule has 2 heteroatoms. The first-order chi connectivity index (χ1) is 3.39. The Kier molecular flexibility index (Phi) is 3.97. The molecule has 48 valence electrons. The van der Waals surface area contributed by atoms with Crippen molar-refractivity contribution in [3.63, 3.8) is 0 Å². The van der Waals surface area contributed by atoms with E-state index in [9.17, 15) is 0 Å². The van der Waals surface area contributed by atoms with Gasteiger partial charge in [-0.05, 0) is 12.8 Å². The summed E-state index contributed by atoms with van der Waals surface area (Å²) in [5.74, 6) is 0. The third-order valence-electron chi connectivity index (χ3n) is 1.65. The van der Waals surface area contributed by atoms with E-state index in [1.807, 2.05) is 0 Å². The van der Waals surface area contributed by atoms with Crippen molar-refractivity contribution in [2.75, 3.05) is 0 Å². The van der Waals surface area contributed by atoms with E-state index in [-0.39, 0.29) is 8.41 Å². The fraction of sp³-hybridized carbons (Fsp3) is 1.00. The fourth-order valence-electron chi connectivity index (χ4n) is 1.13. The van der Waals surface area contributed by atoms with Gasteiger partial charge in [-0.15, -0.1) is 0 Å². The van der Waals surface area contributed by atoms with Gasteiger partial charge < -0.3 is 5.73 Å². The normalized spacial score (nSPS) is 22.1. The molecule has 1 aliphatic carbocycles. The van der Waals surface area contributed by atoms with Crippen LogP contribution in [0.4, 0.5) is 0 Å². The van der Waals surface area contributed by atoms with Crippen molar-refractivity contribution in [3.8, 4) is 0 Å². The molecule has 1 saturated carbocycles. The highest BCUT2D eigenvalue weighted by atomic mass is 14.6. The maximum atomic E-state index is 5.63. The first-order valence-electron chi connectivity index (χ1n) is 3.15. The molecule has 0 radical (unpaired) electrons. The van der Waals surface area contributed by atoms with Crippen LogP contribution in [0.2, 0.25) is 0 Å². The van der Waals surface area contributed by atoms with Crippen molar-refractivity contribution in [2.24, 2.45) is 5.73 Å². The van der Waals surface area contributed by atoms with E-state index in [0.717, 1.165) is 0 Å². The number of hydrogen-bond donors (Lipinski definition) is 1. The summed E-state index contributed by atoms with van der Waals surface area (Å²) in [5.41, 5.74) is 5.63. The molecule has 0 saturated heterocycles. The lowest BCUT2D eigenvalue weighted by Gasteiger charge is -2.15.